The van der Waals surface area contributed by atoms with E-state index in [0.717, 1.165) is 38.2 Å². The number of halogens is 4. The van der Waals surface area contributed by atoms with E-state index in [1.807, 2.05) is 0 Å². The van der Waals surface area contributed by atoms with Crippen LogP contribution in [0, 0.1) is 11.7 Å². The highest BCUT2D eigenvalue weighted by Crippen LogP contribution is 2.26. The van der Waals surface area contributed by atoms with E-state index in [1.54, 1.807) is 0 Å². The smallest absolute Gasteiger partial charge is 0.362 e. The van der Waals surface area contributed by atoms with Gasteiger partial charge in [-0.1, -0.05) is 19.3 Å². The largest absolute Gasteiger partial charge is 0.411 e. The first-order valence-corrected chi connectivity index (χ1v) is 8.29. The van der Waals surface area contributed by atoms with E-state index in [-0.39, 0.29) is 23.2 Å². The second-order valence-corrected chi connectivity index (χ2v) is 6.17. The number of ether oxygens (including phenoxy) is 1. The molecule has 2 amide bonds. The number of alkyl halides is 3. The van der Waals surface area contributed by atoms with E-state index in [4.69, 9.17) is 0 Å². The second-order valence-electron chi connectivity index (χ2n) is 6.17. The van der Waals surface area contributed by atoms with E-state index in [9.17, 15) is 27.2 Å². The maximum Gasteiger partial charge on any atom is 0.411 e. The van der Waals surface area contributed by atoms with Crippen molar-refractivity contribution in [3.8, 4) is 0 Å². The number of rotatable bonds is 6. The van der Waals surface area contributed by atoms with Gasteiger partial charge in [-0.3, -0.25) is 9.59 Å². The van der Waals surface area contributed by atoms with Gasteiger partial charge in [-0.05, 0) is 31.0 Å². The van der Waals surface area contributed by atoms with Crippen LogP contribution in [0.1, 0.15) is 32.1 Å². The molecule has 26 heavy (non-hydrogen) atoms. The normalized spacial score (nSPS) is 15.5. The van der Waals surface area contributed by atoms with Crippen molar-refractivity contribution >= 4 is 23.2 Å². The maximum absolute atomic E-state index is 13.9. The Balaban J connectivity index is 1.91. The molecule has 5 nitrogen and oxygen atoms in total. The number of anilines is 2. The van der Waals surface area contributed by atoms with Crippen molar-refractivity contribution in [3.63, 3.8) is 0 Å². The Bertz CT molecular complexity index is 643. The van der Waals surface area contributed by atoms with Gasteiger partial charge in [-0.25, -0.2) is 4.39 Å². The highest BCUT2D eigenvalue weighted by Gasteiger charge is 2.27. The van der Waals surface area contributed by atoms with Gasteiger partial charge in [0, 0.05) is 11.6 Å². The average Bonchev–Trinajstić information content (AvgIpc) is 2.57. The molecule has 0 heterocycles. The van der Waals surface area contributed by atoms with E-state index in [2.05, 4.69) is 15.4 Å². The lowest BCUT2D eigenvalue weighted by molar-refractivity contribution is -0.174. The van der Waals surface area contributed by atoms with Gasteiger partial charge >= 0.3 is 6.18 Å². The van der Waals surface area contributed by atoms with Gasteiger partial charge in [0.2, 0.25) is 11.8 Å². The molecule has 0 spiro atoms. The van der Waals surface area contributed by atoms with Crippen LogP contribution in [0.3, 0.4) is 0 Å². The van der Waals surface area contributed by atoms with Crippen LogP contribution in [0.5, 0.6) is 0 Å². The van der Waals surface area contributed by atoms with E-state index < -0.39 is 31.1 Å². The van der Waals surface area contributed by atoms with Crippen molar-refractivity contribution in [1.82, 2.24) is 0 Å². The number of carbonyl (C=O) groups excluding carboxylic acids is 2. The molecule has 1 fully saturated rings. The highest BCUT2D eigenvalue weighted by atomic mass is 19.4. The minimum atomic E-state index is -4.52. The summed E-state index contributed by atoms with van der Waals surface area (Å²) < 4.78 is 54.0. The Morgan fingerprint density at radius 1 is 1.12 bits per heavy atom. The minimum Gasteiger partial charge on any atom is -0.362 e. The second kappa shape index (κ2) is 8.98. The lowest BCUT2D eigenvalue weighted by atomic mass is 9.88. The summed E-state index contributed by atoms with van der Waals surface area (Å²) in [6.45, 7) is -2.33. The van der Waals surface area contributed by atoms with E-state index in [0.29, 0.717) is 0 Å². The molecule has 9 heteroatoms. The summed E-state index contributed by atoms with van der Waals surface area (Å²) in [4.78, 5) is 23.8. The molecule has 0 bridgehead atoms. The molecule has 2 N–H and O–H groups in total. The minimum absolute atomic E-state index is 0.0883. The first-order chi connectivity index (χ1) is 12.2. The first-order valence-electron chi connectivity index (χ1n) is 8.29. The summed E-state index contributed by atoms with van der Waals surface area (Å²) in [6.07, 6.45) is -0.0349. The van der Waals surface area contributed by atoms with Crippen LogP contribution >= 0.6 is 0 Å². The fourth-order valence-electron chi connectivity index (χ4n) is 2.75. The lowest BCUT2D eigenvalue weighted by Crippen LogP contribution is -2.25. The van der Waals surface area contributed by atoms with Crippen molar-refractivity contribution in [2.45, 2.75) is 38.3 Å². The summed E-state index contributed by atoms with van der Waals surface area (Å²) in [5.74, 6) is -1.93. The molecule has 1 aromatic carbocycles. The lowest BCUT2D eigenvalue weighted by Gasteiger charge is -2.21. The van der Waals surface area contributed by atoms with Crippen LogP contribution in [-0.4, -0.2) is 31.2 Å². The third-order valence-electron chi connectivity index (χ3n) is 3.98. The summed E-state index contributed by atoms with van der Waals surface area (Å²) in [6, 6.07) is 3.52. The summed E-state index contributed by atoms with van der Waals surface area (Å²) in [5, 5.41) is 4.81. The van der Waals surface area contributed by atoms with Crippen LogP contribution in [0.15, 0.2) is 18.2 Å². The molecule has 1 aromatic rings. The van der Waals surface area contributed by atoms with Gasteiger partial charge in [-0.2, -0.15) is 13.2 Å². The van der Waals surface area contributed by atoms with Gasteiger partial charge in [-0.15, -0.1) is 0 Å². The van der Waals surface area contributed by atoms with Gasteiger partial charge in [0.25, 0.3) is 0 Å². The molecule has 0 unspecified atom stereocenters. The molecule has 144 valence electrons. The molecular formula is C17H20F4N2O3. The molecule has 2 rings (SSSR count). The van der Waals surface area contributed by atoms with Crippen LogP contribution < -0.4 is 10.6 Å². The molecule has 1 aliphatic carbocycles. The summed E-state index contributed by atoms with van der Waals surface area (Å²) in [5.41, 5.74) is 0.0561. The average molecular weight is 376 g/mol. The zero-order valence-corrected chi connectivity index (χ0v) is 14.0. The van der Waals surface area contributed by atoms with Crippen LogP contribution in [0.25, 0.3) is 0 Å². The molecule has 0 saturated heterocycles. The van der Waals surface area contributed by atoms with Crippen molar-refractivity contribution in [2.75, 3.05) is 23.8 Å². The van der Waals surface area contributed by atoms with E-state index >= 15 is 0 Å². The molecule has 0 aliphatic heterocycles. The Hall–Kier alpha value is -2.16. The van der Waals surface area contributed by atoms with Gasteiger partial charge in [0.1, 0.15) is 19.0 Å². The van der Waals surface area contributed by atoms with Crippen LogP contribution in [0.4, 0.5) is 28.9 Å². The van der Waals surface area contributed by atoms with Crippen molar-refractivity contribution < 1.29 is 31.9 Å². The molecule has 0 radical (unpaired) electrons. The summed E-state index contributed by atoms with van der Waals surface area (Å²) >= 11 is 0. The molecule has 0 aromatic heterocycles. The Labute approximate surface area is 148 Å². The zero-order valence-electron chi connectivity index (χ0n) is 14.0. The molecule has 0 atom stereocenters. The highest BCUT2D eigenvalue weighted by molar-refractivity contribution is 5.95. The van der Waals surface area contributed by atoms with Crippen molar-refractivity contribution in [3.05, 3.63) is 24.0 Å². The Morgan fingerprint density at radius 2 is 1.81 bits per heavy atom. The summed E-state index contributed by atoms with van der Waals surface area (Å²) in [7, 11) is 0. The standard InChI is InChI=1S/C17H20F4N2O3/c18-13-7-6-12(22-15(24)9-26-10-17(19,20)21)8-14(13)23-16(25)11-4-2-1-3-5-11/h6-8,11H,1-5,9-10H2,(H,22,24)(H,23,25). The Kier molecular flexibility index (Phi) is 6.96. The first kappa shape index (κ1) is 20.2. The fraction of sp³-hybridized carbons (Fsp3) is 0.529. The fourth-order valence-corrected chi connectivity index (χ4v) is 2.75. The van der Waals surface area contributed by atoms with Gasteiger partial charge < -0.3 is 15.4 Å². The molecular weight excluding hydrogens is 356 g/mol. The maximum atomic E-state index is 13.9. The van der Waals surface area contributed by atoms with Crippen LogP contribution in [-0.2, 0) is 14.3 Å². The number of hydrogen-bond donors (Lipinski definition) is 2. The third-order valence-corrected chi connectivity index (χ3v) is 3.98. The zero-order chi connectivity index (χ0) is 19.2. The SMILES string of the molecule is O=C(COCC(F)(F)F)Nc1ccc(F)c(NC(=O)C2CCCCC2)c1. The van der Waals surface area contributed by atoms with E-state index in [1.165, 1.54) is 12.1 Å². The number of carbonyl (C=O) groups is 2. The number of benzene rings is 1. The Morgan fingerprint density at radius 3 is 2.46 bits per heavy atom. The monoisotopic (exact) mass is 376 g/mol. The number of nitrogens with one attached hydrogen (secondary N) is 2. The van der Waals surface area contributed by atoms with Crippen molar-refractivity contribution in [1.29, 1.82) is 0 Å². The topological polar surface area (TPSA) is 67.4 Å². The number of amides is 2. The quantitative estimate of drug-likeness (QED) is 0.741. The predicted molar refractivity (Wildman–Crippen MR) is 87.1 cm³/mol. The predicted octanol–water partition coefficient (Wildman–Crippen LogP) is 3.86. The third kappa shape index (κ3) is 6.62. The van der Waals surface area contributed by atoms with Gasteiger partial charge in [0.15, 0.2) is 0 Å². The van der Waals surface area contributed by atoms with Gasteiger partial charge in [0.05, 0.1) is 5.69 Å². The van der Waals surface area contributed by atoms with Crippen LogP contribution in [0.2, 0.25) is 0 Å². The number of hydrogen-bond acceptors (Lipinski definition) is 3. The molecule has 1 saturated carbocycles. The van der Waals surface area contributed by atoms with Crippen molar-refractivity contribution in [2.24, 2.45) is 5.92 Å². The molecule has 1 aliphatic rings.